The van der Waals surface area contributed by atoms with Gasteiger partial charge in [-0.25, -0.2) is 4.98 Å². The smallest absolute Gasteiger partial charge is 0.198 e. The Labute approximate surface area is 73.0 Å². The van der Waals surface area contributed by atoms with Crippen LogP contribution in [0.3, 0.4) is 0 Å². The molecule has 0 amide bonds. The third-order valence-electron chi connectivity index (χ3n) is 2.03. The minimum absolute atomic E-state index is 0.105. The van der Waals surface area contributed by atoms with Crippen molar-refractivity contribution >= 4 is 0 Å². The lowest BCUT2D eigenvalue weighted by atomic mass is 9.99. The van der Waals surface area contributed by atoms with Crippen LogP contribution in [-0.4, -0.2) is 11.0 Å². The van der Waals surface area contributed by atoms with E-state index in [1.807, 2.05) is 13.8 Å². The fourth-order valence-corrected chi connectivity index (χ4v) is 1.31. The zero-order valence-corrected chi connectivity index (χ0v) is 7.87. The maximum atomic E-state index is 5.79. The van der Waals surface area contributed by atoms with E-state index in [1.54, 1.807) is 6.26 Å². The normalized spacial score (nSPS) is 16.0. The van der Waals surface area contributed by atoms with Gasteiger partial charge in [-0.05, 0) is 20.3 Å². The molecule has 3 heteroatoms. The third kappa shape index (κ3) is 1.85. The summed E-state index contributed by atoms with van der Waals surface area (Å²) in [6.07, 6.45) is 2.64. The first kappa shape index (κ1) is 9.26. The van der Waals surface area contributed by atoms with Crippen molar-refractivity contribution in [1.29, 1.82) is 0 Å². The highest BCUT2D eigenvalue weighted by Gasteiger charge is 2.18. The Bertz CT molecular complexity index is 242. The van der Waals surface area contributed by atoms with Crippen LogP contribution >= 0.6 is 0 Å². The monoisotopic (exact) mass is 168 g/mol. The summed E-state index contributed by atoms with van der Waals surface area (Å²) >= 11 is 0. The Morgan fingerprint density at radius 3 is 2.67 bits per heavy atom. The molecule has 0 aliphatic carbocycles. The molecule has 3 nitrogen and oxygen atoms in total. The molecule has 1 aromatic heterocycles. The summed E-state index contributed by atoms with van der Waals surface area (Å²) in [6.45, 7) is 5.99. The molecule has 68 valence electrons. The first-order chi connectivity index (χ1) is 5.65. The molecule has 12 heavy (non-hydrogen) atoms. The van der Waals surface area contributed by atoms with Crippen molar-refractivity contribution in [1.82, 2.24) is 4.98 Å². The number of oxazole rings is 1. The van der Waals surface area contributed by atoms with Gasteiger partial charge in [-0.2, -0.15) is 0 Å². The molecule has 1 aromatic rings. The van der Waals surface area contributed by atoms with Gasteiger partial charge in [0.05, 0.1) is 11.6 Å². The standard InChI is InChI=1S/C9H16N2O/c1-4-8(7(3)10)9-11-6(2)5-12-9/h5,7-8H,4,10H2,1-3H3/t7-,8-/m1/s1. The largest absolute Gasteiger partial charge is 0.448 e. The van der Waals surface area contributed by atoms with Gasteiger partial charge in [-0.1, -0.05) is 6.92 Å². The zero-order chi connectivity index (χ0) is 9.14. The molecule has 2 atom stereocenters. The molecule has 0 spiro atoms. The van der Waals surface area contributed by atoms with E-state index < -0.39 is 0 Å². The quantitative estimate of drug-likeness (QED) is 0.749. The van der Waals surface area contributed by atoms with Crippen LogP contribution in [0.1, 0.15) is 37.8 Å². The highest BCUT2D eigenvalue weighted by molar-refractivity contribution is 5.00. The van der Waals surface area contributed by atoms with E-state index in [2.05, 4.69) is 11.9 Å². The maximum Gasteiger partial charge on any atom is 0.198 e. The lowest BCUT2D eigenvalue weighted by molar-refractivity contribution is 0.405. The summed E-state index contributed by atoms with van der Waals surface area (Å²) in [6, 6.07) is 0.105. The van der Waals surface area contributed by atoms with Crippen LogP contribution in [0.25, 0.3) is 0 Å². The van der Waals surface area contributed by atoms with Crippen molar-refractivity contribution in [2.24, 2.45) is 5.73 Å². The number of hydrogen-bond acceptors (Lipinski definition) is 3. The van der Waals surface area contributed by atoms with Crippen LogP contribution in [-0.2, 0) is 0 Å². The Kier molecular flexibility index (Phi) is 2.87. The maximum absolute atomic E-state index is 5.79. The summed E-state index contributed by atoms with van der Waals surface area (Å²) in [4.78, 5) is 4.26. The predicted octanol–water partition coefficient (Wildman–Crippen LogP) is 1.82. The second-order valence-electron chi connectivity index (χ2n) is 3.20. The first-order valence-electron chi connectivity index (χ1n) is 4.32. The molecule has 0 fully saturated rings. The van der Waals surface area contributed by atoms with Gasteiger partial charge in [-0.3, -0.25) is 0 Å². The van der Waals surface area contributed by atoms with Crippen LogP contribution in [0.5, 0.6) is 0 Å². The number of nitrogens with two attached hydrogens (primary N) is 1. The van der Waals surface area contributed by atoms with E-state index in [4.69, 9.17) is 10.2 Å². The number of nitrogens with zero attached hydrogens (tertiary/aromatic N) is 1. The lowest BCUT2D eigenvalue weighted by Gasteiger charge is -2.14. The molecule has 0 unspecified atom stereocenters. The molecule has 0 bridgehead atoms. The predicted molar refractivity (Wildman–Crippen MR) is 47.9 cm³/mol. The van der Waals surface area contributed by atoms with E-state index in [0.29, 0.717) is 0 Å². The summed E-state index contributed by atoms with van der Waals surface area (Å²) in [5.74, 6) is 1.02. The minimum Gasteiger partial charge on any atom is -0.448 e. The molecule has 2 N–H and O–H groups in total. The Morgan fingerprint density at radius 2 is 2.33 bits per heavy atom. The molecular weight excluding hydrogens is 152 g/mol. The Morgan fingerprint density at radius 1 is 1.67 bits per heavy atom. The van der Waals surface area contributed by atoms with Crippen molar-refractivity contribution in [3.8, 4) is 0 Å². The van der Waals surface area contributed by atoms with E-state index in [9.17, 15) is 0 Å². The van der Waals surface area contributed by atoms with E-state index in [-0.39, 0.29) is 12.0 Å². The second kappa shape index (κ2) is 3.72. The van der Waals surface area contributed by atoms with E-state index in [1.165, 1.54) is 0 Å². The molecule has 1 heterocycles. The molecule has 0 aliphatic rings. The number of aromatic nitrogens is 1. The highest BCUT2D eigenvalue weighted by Crippen LogP contribution is 2.20. The third-order valence-corrected chi connectivity index (χ3v) is 2.03. The van der Waals surface area contributed by atoms with Crippen LogP contribution in [0, 0.1) is 6.92 Å². The van der Waals surface area contributed by atoms with E-state index >= 15 is 0 Å². The topological polar surface area (TPSA) is 52.0 Å². The fourth-order valence-electron chi connectivity index (χ4n) is 1.31. The van der Waals surface area contributed by atoms with Gasteiger partial charge < -0.3 is 10.2 Å². The van der Waals surface area contributed by atoms with Crippen LogP contribution < -0.4 is 5.73 Å². The molecule has 0 saturated carbocycles. The van der Waals surface area contributed by atoms with Crippen molar-refractivity contribution in [3.63, 3.8) is 0 Å². The summed E-state index contributed by atoms with van der Waals surface area (Å²) in [5.41, 5.74) is 6.71. The van der Waals surface area contributed by atoms with Crippen LogP contribution in [0.2, 0.25) is 0 Å². The zero-order valence-electron chi connectivity index (χ0n) is 7.87. The molecule has 0 aliphatic heterocycles. The van der Waals surface area contributed by atoms with Crippen LogP contribution in [0.15, 0.2) is 10.7 Å². The second-order valence-corrected chi connectivity index (χ2v) is 3.20. The molecular formula is C9H16N2O. The SMILES string of the molecule is CC[C@@H](c1nc(C)co1)[C@@H](C)N. The van der Waals surface area contributed by atoms with E-state index in [0.717, 1.165) is 18.0 Å². The van der Waals surface area contributed by atoms with Gasteiger partial charge >= 0.3 is 0 Å². The molecule has 0 saturated heterocycles. The average Bonchev–Trinajstić information content (AvgIpc) is 2.37. The van der Waals surface area contributed by atoms with Crippen molar-refractivity contribution in [2.45, 2.75) is 39.2 Å². The van der Waals surface area contributed by atoms with Gasteiger partial charge in [0.1, 0.15) is 6.26 Å². The fraction of sp³-hybridized carbons (Fsp3) is 0.667. The average molecular weight is 168 g/mol. The highest BCUT2D eigenvalue weighted by atomic mass is 16.3. The Hall–Kier alpha value is -0.830. The molecule has 0 radical (unpaired) electrons. The number of rotatable bonds is 3. The van der Waals surface area contributed by atoms with Crippen molar-refractivity contribution in [3.05, 3.63) is 17.8 Å². The van der Waals surface area contributed by atoms with Gasteiger partial charge in [0.2, 0.25) is 0 Å². The van der Waals surface area contributed by atoms with Gasteiger partial charge in [-0.15, -0.1) is 0 Å². The summed E-state index contributed by atoms with van der Waals surface area (Å²) < 4.78 is 5.29. The number of hydrogen-bond donors (Lipinski definition) is 1. The lowest BCUT2D eigenvalue weighted by Crippen LogP contribution is -2.24. The van der Waals surface area contributed by atoms with Gasteiger partial charge in [0.15, 0.2) is 5.89 Å². The number of aryl methyl sites for hydroxylation is 1. The van der Waals surface area contributed by atoms with Gasteiger partial charge in [0, 0.05) is 6.04 Å². The van der Waals surface area contributed by atoms with Gasteiger partial charge in [0.25, 0.3) is 0 Å². The summed E-state index contributed by atoms with van der Waals surface area (Å²) in [5, 5.41) is 0. The van der Waals surface area contributed by atoms with Crippen LogP contribution in [0.4, 0.5) is 0 Å². The Balaban J connectivity index is 2.80. The summed E-state index contributed by atoms with van der Waals surface area (Å²) in [7, 11) is 0. The minimum atomic E-state index is 0.105. The van der Waals surface area contributed by atoms with Crippen molar-refractivity contribution in [2.75, 3.05) is 0 Å². The molecule has 0 aromatic carbocycles. The molecule has 1 rings (SSSR count). The first-order valence-corrected chi connectivity index (χ1v) is 4.32. The van der Waals surface area contributed by atoms with Crippen molar-refractivity contribution < 1.29 is 4.42 Å².